The van der Waals surface area contributed by atoms with Crippen molar-refractivity contribution in [1.82, 2.24) is 0 Å². The Morgan fingerprint density at radius 2 is 1.71 bits per heavy atom. The van der Waals surface area contributed by atoms with E-state index in [-0.39, 0.29) is 5.60 Å². The molecule has 0 aliphatic carbocycles. The molecule has 3 heteroatoms. The van der Waals surface area contributed by atoms with Gasteiger partial charge in [-0.15, -0.1) is 0 Å². The third kappa shape index (κ3) is 8.17. The van der Waals surface area contributed by atoms with Crippen molar-refractivity contribution in [3.63, 3.8) is 0 Å². The van der Waals surface area contributed by atoms with Gasteiger partial charge in [0.2, 0.25) is 8.32 Å². The molecule has 0 aromatic rings. The van der Waals surface area contributed by atoms with E-state index in [9.17, 15) is 0 Å². The molecule has 0 atom stereocenters. The summed E-state index contributed by atoms with van der Waals surface area (Å²) in [6, 6.07) is 0. The molecule has 0 unspecified atom stereocenters. The smallest absolute Gasteiger partial charge is 0.261 e. The fourth-order valence-corrected chi connectivity index (χ4v) is 1.60. The summed E-state index contributed by atoms with van der Waals surface area (Å²) in [4.78, 5) is 0. The molecular weight excluding hydrogens is 192 g/mol. The highest BCUT2D eigenvalue weighted by Crippen LogP contribution is 2.19. The Kier molecular flexibility index (Phi) is 4.72. The summed E-state index contributed by atoms with van der Waals surface area (Å²) in [6.07, 6.45) is 2.94. The highest BCUT2D eigenvalue weighted by molar-refractivity contribution is 6.69. The van der Waals surface area contributed by atoms with Crippen LogP contribution in [0.5, 0.6) is 0 Å². The number of rotatable bonds is 4. The van der Waals surface area contributed by atoms with Gasteiger partial charge < -0.3 is 9.16 Å². The second-order valence-corrected chi connectivity index (χ2v) is 9.79. The first-order valence-electron chi connectivity index (χ1n) is 5.22. The van der Waals surface area contributed by atoms with Crippen molar-refractivity contribution >= 4 is 8.32 Å². The first-order valence-corrected chi connectivity index (χ1v) is 8.63. The average Bonchev–Trinajstić information content (AvgIpc) is 1.78. The predicted molar refractivity (Wildman–Crippen MR) is 63.6 cm³/mol. The molecular formula is C11H24O2Si. The van der Waals surface area contributed by atoms with E-state index < -0.39 is 8.32 Å². The van der Waals surface area contributed by atoms with Gasteiger partial charge in [0, 0.05) is 0 Å². The minimum atomic E-state index is -1.55. The molecule has 0 aliphatic rings. The van der Waals surface area contributed by atoms with Gasteiger partial charge in [-0.2, -0.15) is 0 Å². The van der Waals surface area contributed by atoms with E-state index >= 15 is 0 Å². The first kappa shape index (κ1) is 13.6. The van der Waals surface area contributed by atoms with Gasteiger partial charge in [0.25, 0.3) is 5.95 Å². The van der Waals surface area contributed by atoms with E-state index in [1.165, 1.54) is 0 Å². The lowest BCUT2D eigenvalue weighted by Crippen LogP contribution is -2.29. The summed E-state index contributed by atoms with van der Waals surface area (Å²) in [6.45, 7) is 14.6. The first-order chi connectivity index (χ1) is 6.14. The van der Waals surface area contributed by atoms with Crippen LogP contribution in [0, 0.1) is 0 Å². The van der Waals surface area contributed by atoms with Crippen molar-refractivity contribution in [2.75, 3.05) is 0 Å². The standard InChI is InChI=1S/C11H24O2Si/c1-8-9-10(12-11(2,3)4)13-14(5,6)7/h9H,8H2,1-7H3. The monoisotopic (exact) mass is 216 g/mol. The van der Waals surface area contributed by atoms with E-state index in [0.717, 1.165) is 6.42 Å². The highest BCUT2D eigenvalue weighted by atomic mass is 28.4. The maximum Gasteiger partial charge on any atom is 0.261 e. The van der Waals surface area contributed by atoms with Crippen LogP contribution in [-0.2, 0) is 9.16 Å². The summed E-state index contributed by atoms with van der Waals surface area (Å²) >= 11 is 0. The van der Waals surface area contributed by atoms with Gasteiger partial charge >= 0.3 is 0 Å². The van der Waals surface area contributed by atoms with E-state index in [2.05, 4.69) is 26.6 Å². The highest BCUT2D eigenvalue weighted by Gasteiger charge is 2.21. The maximum atomic E-state index is 5.83. The van der Waals surface area contributed by atoms with Crippen LogP contribution >= 0.6 is 0 Å². The largest absolute Gasteiger partial charge is 0.520 e. The van der Waals surface area contributed by atoms with Crippen LogP contribution in [0.25, 0.3) is 0 Å². The van der Waals surface area contributed by atoms with Crippen LogP contribution in [0.2, 0.25) is 19.6 Å². The minimum Gasteiger partial charge on any atom is -0.520 e. The fraction of sp³-hybridized carbons (Fsp3) is 0.818. The van der Waals surface area contributed by atoms with Crippen molar-refractivity contribution in [3.8, 4) is 0 Å². The molecule has 0 radical (unpaired) electrons. The van der Waals surface area contributed by atoms with Gasteiger partial charge in [-0.1, -0.05) is 6.92 Å². The van der Waals surface area contributed by atoms with E-state index in [4.69, 9.17) is 9.16 Å². The Morgan fingerprint density at radius 3 is 2.00 bits per heavy atom. The molecule has 0 amide bonds. The van der Waals surface area contributed by atoms with Crippen LogP contribution < -0.4 is 0 Å². The topological polar surface area (TPSA) is 18.5 Å². The molecule has 0 saturated carbocycles. The van der Waals surface area contributed by atoms with Crippen molar-refractivity contribution in [2.45, 2.75) is 59.4 Å². The lowest BCUT2D eigenvalue weighted by molar-refractivity contribution is -0.00895. The number of ether oxygens (including phenoxy) is 1. The summed E-state index contributed by atoms with van der Waals surface area (Å²) in [5, 5.41) is 0. The van der Waals surface area contributed by atoms with Crippen molar-refractivity contribution in [1.29, 1.82) is 0 Å². The van der Waals surface area contributed by atoms with Crippen LogP contribution in [0.15, 0.2) is 12.0 Å². The van der Waals surface area contributed by atoms with Gasteiger partial charge in [0.05, 0.1) is 0 Å². The Morgan fingerprint density at radius 1 is 1.21 bits per heavy atom. The van der Waals surface area contributed by atoms with Gasteiger partial charge in [0.1, 0.15) is 5.60 Å². The van der Waals surface area contributed by atoms with Crippen molar-refractivity contribution < 1.29 is 9.16 Å². The number of allylic oxidation sites excluding steroid dienone is 1. The Labute approximate surface area is 89.4 Å². The summed E-state index contributed by atoms with van der Waals surface area (Å²) < 4.78 is 11.6. The van der Waals surface area contributed by atoms with E-state index in [0.29, 0.717) is 5.95 Å². The summed E-state index contributed by atoms with van der Waals surface area (Å²) in [5.74, 6) is 0.694. The molecule has 2 nitrogen and oxygen atoms in total. The lowest BCUT2D eigenvalue weighted by atomic mass is 10.2. The zero-order valence-corrected chi connectivity index (χ0v) is 11.6. The quantitative estimate of drug-likeness (QED) is 0.524. The van der Waals surface area contributed by atoms with Gasteiger partial charge in [-0.05, 0) is 52.9 Å². The normalized spacial score (nSPS) is 14.1. The third-order valence-electron chi connectivity index (χ3n) is 1.18. The van der Waals surface area contributed by atoms with Gasteiger partial charge in [-0.3, -0.25) is 0 Å². The molecule has 0 bridgehead atoms. The predicted octanol–water partition coefficient (Wildman–Crippen LogP) is 3.90. The van der Waals surface area contributed by atoms with Crippen LogP contribution in [0.4, 0.5) is 0 Å². The fourth-order valence-electron chi connectivity index (χ4n) is 0.874. The molecule has 0 aliphatic heterocycles. The maximum absolute atomic E-state index is 5.83. The average molecular weight is 216 g/mol. The third-order valence-corrected chi connectivity index (χ3v) is 2.00. The van der Waals surface area contributed by atoms with Gasteiger partial charge in [0.15, 0.2) is 0 Å². The zero-order chi connectivity index (χ0) is 11.4. The molecule has 84 valence electrons. The Bertz CT molecular complexity index is 178. The van der Waals surface area contributed by atoms with Crippen LogP contribution in [0.1, 0.15) is 34.1 Å². The molecule has 0 heterocycles. The molecule has 0 saturated heterocycles. The van der Waals surface area contributed by atoms with Crippen LogP contribution in [-0.4, -0.2) is 13.9 Å². The Hall–Kier alpha value is -0.443. The Balaban J connectivity index is 4.41. The number of hydrogen-bond donors (Lipinski definition) is 0. The molecule has 0 rings (SSSR count). The number of hydrogen-bond acceptors (Lipinski definition) is 2. The molecule has 0 aromatic heterocycles. The van der Waals surface area contributed by atoms with Crippen molar-refractivity contribution in [2.24, 2.45) is 0 Å². The molecule has 0 N–H and O–H groups in total. The van der Waals surface area contributed by atoms with E-state index in [1.807, 2.05) is 26.8 Å². The summed E-state index contributed by atoms with van der Waals surface area (Å²) in [7, 11) is -1.55. The molecule has 0 spiro atoms. The van der Waals surface area contributed by atoms with Gasteiger partial charge in [-0.25, -0.2) is 0 Å². The second-order valence-electron chi connectivity index (χ2n) is 5.36. The summed E-state index contributed by atoms with van der Waals surface area (Å²) in [5.41, 5.74) is -0.180. The molecule has 14 heavy (non-hydrogen) atoms. The second kappa shape index (κ2) is 4.87. The van der Waals surface area contributed by atoms with E-state index in [1.54, 1.807) is 0 Å². The minimum absolute atomic E-state index is 0.180. The van der Waals surface area contributed by atoms with Crippen molar-refractivity contribution in [3.05, 3.63) is 12.0 Å². The SMILES string of the molecule is CCC=C(OC(C)(C)C)O[Si](C)(C)C. The molecule has 0 aromatic carbocycles. The molecule has 0 fully saturated rings. The zero-order valence-electron chi connectivity index (χ0n) is 10.6. The van der Waals surface area contributed by atoms with Crippen LogP contribution in [0.3, 0.4) is 0 Å². The lowest BCUT2D eigenvalue weighted by Gasteiger charge is -2.28.